The van der Waals surface area contributed by atoms with Crippen molar-refractivity contribution >= 4 is 34.1 Å². The van der Waals surface area contributed by atoms with Crippen molar-refractivity contribution in [3.05, 3.63) is 64.8 Å². The minimum atomic E-state index is -0.607. The number of halogens is 1. The molecule has 2 aromatic carbocycles. The molecule has 0 atom stereocenters. The third-order valence-electron chi connectivity index (χ3n) is 4.55. The van der Waals surface area contributed by atoms with Crippen molar-refractivity contribution in [2.45, 2.75) is 12.8 Å². The van der Waals surface area contributed by atoms with Gasteiger partial charge in [-0.15, -0.1) is 0 Å². The molecule has 2 heterocycles. The summed E-state index contributed by atoms with van der Waals surface area (Å²) < 4.78 is 18.4. The molecule has 0 saturated carbocycles. The molecule has 1 saturated heterocycles. The van der Waals surface area contributed by atoms with Crippen molar-refractivity contribution in [1.29, 1.82) is 0 Å². The molecular formula is C20H18FN3O3. The van der Waals surface area contributed by atoms with Gasteiger partial charge in [0.25, 0.3) is 0 Å². The fourth-order valence-corrected chi connectivity index (χ4v) is 3.32. The van der Waals surface area contributed by atoms with Gasteiger partial charge in [-0.3, -0.25) is 5.32 Å². The lowest BCUT2D eigenvalue weighted by molar-refractivity contribution is 0.262. The number of benzene rings is 2. The standard InChI is InChI=1S/C20H18FN3O3/c21-13-7-9-14(10-8-13)22-20(26)23-17-18(24-11-3-4-12-24)15-5-1-2-6-16(15)27-19(17)25/h1-2,5-10H,3-4,11-12H2,(H2,22,23,26). The average molecular weight is 367 g/mol. The summed E-state index contributed by atoms with van der Waals surface area (Å²) in [7, 11) is 0. The first-order valence-corrected chi connectivity index (χ1v) is 8.76. The van der Waals surface area contributed by atoms with Crippen molar-refractivity contribution in [2.24, 2.45) is 0 Å². The van der Waals surface area contributed by atoms with Gasteiger partial charge >= 0.3 is 11.7 Å². The summed E-state index contributed by atoms with van der Waals surface area (Å²) in [5, 5.41) is 5.99. The summed E-state index contributed by atoms with van der Waals surface area (Å²) in [6, 6.07) is 12.1. The van der Waals surface area contributed by atoms with Crippen LogP contribution in [0.1, 0.15) is 12.8 Å². The molecule has 6 nitrogen and oxygen atoms in total. The number of amides is 2. The van der Waals surface area contributed by atoms with Crippen LogP contribution in [0.4, 0.5) is 26.2 Å². The molecule has 27 heavy (non-hydrogen) atoms. The van der Waals surface area contributed by atoms with Gasteiger partial charge < -0.3 is 14.6 Å². The summed E-state index contributed by atoms with van der Waals surface area (Å²) >= 11 is 0. The molecule has 3 aromatic rings. The van der Waals surface area contributed by atoms with E-state index < -0.39 is 17.5 Å². The number of carbonyl (C=O) groups excluding carboxylic acids is 1. The molecule has 2 amide bonds. The van der Waals surface area contributed by atoms with Gasteiger partial charge in [0.1, 0.15) is 11.4 Å². The van der Waals surface area contributed by atoms with Crippen molar-refractivity contribution in [3.63, 3.8) is 0 Å². The fourth-order valence-electron chi connectivity index (χ4n) is 3.32. The SMILES string of the molecule is O=C(Nc1ccc(F)cc1)Nc1c(N2CCCC2)c2ccccc2oc1=O. The Labute approximate surface area is 154 Å². The Morgan fingerprint density at radius 3 is 2.44 bits per heavy atom. The summed E-state index contributed by atoms with van der Waals surface area (Å²) in [6.07, 6.45) is 2.05. The van der Waals surface area contributed by atoms with Gasteiger partial charge in [-0.25, -0.2) is 14.0 Å². The van der Waals surface area contributed by atoms with Crippen LogP contribution in [0.2, 0.25) is 0 Å². The van der Waals surface area contributed by atoms with Crippen LogP contribution in [-0.2, 0) is 0 Å². The second kappa shape index (κ2) is 7.11. The smallest absolute Gasteiger partial charge is 0.362 e. The van der Waals surface area contributed by atoms with E-state index in [0.717, 1.165) is 31.3 Å². The Kier molecular flexibility index (Phi) is 4.50. The lowest BCUT2D eigenvalue weighted by atomic mass is 10.1. The number of fused-ring (bicyclic) bond motifs is 1. The highest BCUT2D eigenvalue weighted by Gasteiger charge is 2.23. The first-order valence-electron chi connectivity index (χ1n) is 8.76. The number of urea groups is 1. The first-order chi connectivity index (χ1) is 13.1. The van der Waals surface area contributed by atoms with Gasteiger partial charge in [0.05, 0.1) is 5.69 Å². The Morgan fingerprint density at radius 1 is 1.00 bits per heavy atom. The highest BCUT2D eigenvalue weighted by molar-refractivity contribution is 6.06. The monoisotopic (exact) mass is 367 g/mol. The second-order valence-electron chi connectivity index (χ2n) is 6.39. The van der Waals surface area contributed by atoms with E-state index in [1.807, 2.05) is 12.1 Å². The first kappa shape index (κ1) is 17.1. The average Bonchev–Trinajstić information content (AvgIpc) is 3.18. The van der Waals surface area contributed by atoms with Gasteiger partial charge in [-0.05, 0) is 49.2 Å². The van der Waals surface area contributed by atoms with Crippen molar-refractivity contribution < 1.29 is 13.6 Å². The lowest BCUT2D eigenvalue weighted by Crippen LogP contribution is -2.27. The van der Waals surface area contributed by atoms with Gasteiger partial charge in [-0.1, -0.05) is 12.1 Å². The molecular weight excluding hydrogens is 349 g/mol. The number of nitrogens with one attached hydrogen (secondary N) is 2. The predicted octanol–water partition coefficient (Wildman–Crippen LogP) is 4.18. The summed E-state index contributed by atoms with van der Waals surface area (Å²) in [6.45, 7) is 1.61. The third kappa shape index (κ3) is 3.48. The topological polar surface area (TPSA) is 74.6 Å². The van der Waals surface area contributed by atoms with Crippen molar-refractivity contribution in [2.75, 3.05) is 28.6 Å². The molecule has 7 heteroatoms. The van der Waals surface area contributed by atoms with Gasteiger partial charge in [0, 0.05) is 24.2 Å². The number of nitrogens with zero attached hydrogens (tertiary/aromatic N) is 1. The van der Waals surface area contributed by atoms with Gasteiger partial charge in [-0.2, -0.15) is 0 Å². The normalized spacial score (nSPS) is 13.7. The number of rotatable bonds is 3. The largest absolute Gasteiger partial charge is 0.421 e. The quantitative estimate of drug-likeness (QED) is 0.681. The van der Waals surface area contributed by atoms with E-state index in [4.69, 9.17) is 4.42 Å². The molecule has 4 rings (SSSR count). The molecule has 1 fully saturated rings. The van der Waals surface area contributed by atoms with E-state index >= 15 is 0 Å². The fraction of sp³-hybridized carbons (Fsp3) is 0.200. The molecule has 0 radical (unpaired) electrons. The van der Waals surface area contributed by atoms with Crippen LogP contribution in [0.15, 0.2) is 57.7 Å². The summed E-state index contributed by atoms with van der Waals surface area (Å²) in [5.74, 6) is -0.396. The highest BCUT2D eigenvalue weighted by Crippen LogP contribution is 2.34. The van der Waals surface area contributed by atoms with Crippen molar-refractivity contribution in [1.82, 2.24) is 0 Å². The molecule has 0 unspecified atom stereocenters. The highest BCUT2D eigenvalue weighted by atomic mass is 19.1. The van der Waals surface area contributed by atoms with Crippen LogP contribution < -0.4 is 21.2 Å². The van der Waals surface area contributed by atoms with Crippen LogP contribution >= 0.6 is 0 Å². The zero-order valence-electron chi connectivity index (χ0n) is 14.5. The Bertz CT molecular complexity index is 1040. The number of hydrogen-bond donors (Lipinski definition) is 2. The lowest BCUT2D eigenvalue weighted by Gasteiger charge is -2.22. The Hall–Kier alpha value is -3.35. The number of hydrogen-bond acceptors (Lipinski definition) is 4. The molecule has 1 aliphatic heterocycles. The Morgan fingerprint density at radius 2 is 1.70 bits per heavy atom. The van der Waals surface area contributed by atoms with E-state index in [-0.39, 0.29) is 5.69 Å². The zero-order chi connectivity index (χ0) is 18.8. The van der Waals surface area contributed by atoms with E-state index in [0.29, 0.717) is 17.0 Å². The maximum absolute atomic E-state index is 13.0. The van der Waals surface area contributed by atoms with Crippen molar-refractivity contribution in [3.8, 4) is 0 Å². The van der Waals surface area contributed by atoms with Gasteiger partial charge in [0.2, 0.25) is 0 Å². The van der Waals surface area contributed by atoms with Crippen LogP contribution in [0.25, 0.3) is 11.0 Å². The third-order valence-corrected chi connectivity index (χ3v) is 4.55. The summed E-state index contributed by atoms with van der Waals surface area (Å²) in [5.41, 5.74) is 1.07. The van der Waals surface area contributed by atoms with E-state index in [2.05, 4.69) is 15.5 Å². The van der Waals surface area contributed by atoms with Crippen LogP contribution in [0.3, 0.4) is 0 Å². The van der Waals surface area contributed by atoms with Crippen LogP contribution in [-0.4, -0.2) is 19.1 Å². The van der Waals surface area contributed by atoms with Crippen LogP contribution in [0, 0.1) is 5.82 Å². The zero-order valence-corrected chi connectivity index (χ0v) is 14.5. The Balaban J connectivity index is 1.70. The molecule has 138 valence electrons. The molecule has 0 bridgehead atoms. The molecule has 0 spiro atoms. The predicted molar refractivity (Wildman–Crippen MR) is 103 cm³/mol. The molecule has 0 aliphatic carbocycles. The molecule has 1 aromatic heterocycles. The number of para-hydroxylation sites is 1. The minimum Gasteiger partial charge on any atom is -0.421 e. The second-order valence-corrected chi connectivity index (χ2v) is 6.39. The number of anilines is 3. The maximum atomic E-state index is 13.0. The maximum Gasteiger partial charge on any atom is 0.362 e. The molecule has 2 N–H and O–H groups in total. The molecule has 1 aliphatic rings. The summed E-state index contributed by atoms with van der Waals surface area (Å²) in [4.78, 5) is 27.1. The van der Waals surface area contributed by atoms with Gasteiger partial charge in [0.15, 0.2) is 5.69 Å². The van der Waals surface area contributed by atoms with E-state index in [1.165, 1.54) is 24.3 Å². The van der Waals surface area contributed by atoms with E-state index in [9.17, 15) is 14.0 Å². The number of carbonyl (C=O) groups is 1. The van der Waals surface area contributed by atoms with E-state index in [1.54, 1.807) is 12.1 Å². The van der Waals surface area contributed by atoms with Crippen LogP contribution in [0.5, 0.6) is 0 Å². The minimum absolute atomic E-state index is 0.107.